The summed E-state index contributed by atoms with van der Waals surface area (Å²) in [6, 6.07) is 17.3. The maximum atomic E-state index is 5.43. The Morgan fingerprint density at radius 2 is 1.82 bits per heavy atom. The van der Waals surface area contributed by atoms with Crippen molar-refractivity contribution in [2.24, 2.45) is 4.99 Å². The predicted molar refractivity (Wildman–Crippen MR) is 117 cm³/mol. The fraction of sp³-hybridized carbons (Fsp3) is 0.348. The highest BCUT2D eigenvalue weighted by molar-refractivity contribution is 5.94. The second-order valence-electron chi connectivity index (χ2n) is 7.23. The van der Waals surface area contributed by atoms with Gasteiger partial charge in [0, 0.05) is 31.0 Å². The van der Waals surface area contributed by atoms with Crippen LogP contribution in [0.2, 0.25) is 0 Å². The van der Waals surface area contributed by atoms with E-state index in [0.717, 1.165) is 63.9 Å². The van der Waals surface area contributed by atoms with Crippen LogP contribution in [-0.2, 0) is 11.2 Å². The van der Waals surface area contributed by atoms with Gasteiger partial charge in [-0.2, -0.15) is 0 Å². The SMILES string of the molecule is C=C(CCc1ccc(NC2=NCCN2)cc1)c1ccc(N2CCOCC2)cc1. The summed E-state index contributed by atoms with van der Waals surface area (Å²) in [4.78, 5) is 6.73. The summed E-state index contributed by atoms with van der Waals surface area (Å²) in [5.74, 6) is 0.863. The summed E-state index contributed by atoms with van der Waals surface area (Å²) < 4.78 is 5.43. The number of hydrogen-bond acceptors (Lipinski definition) is 5. The van der Waals surface area contributed by atoms with Gasteiger partial charge in [-0.25, -0.2) is 0 Å². The van der Waals surface area contributed by atoms with Gasteiger partial charge in [-0.15, -0.1) is 0 Å². The van der Waals surface area contributed by atoms with E-state index in [9.17, 15) is 0 Å². The highest BCUT2D eigenvalue weighted by Gasteiger charge is 2.11. The van der Waals surface area contributed by atoms with Gasteiger partial charge >= 0.3 is 0 Å². The van der Waals surface area contributed by atoms with Crippen LogP contribution in [0.25, 0.3) is 5.57 Å². The molecule has 5 nitrogen and oxygen atoms in total. The van der Waals surface area contributed by atoms with Gasteiger partial charge in [0.1, 0.15) is 0 Å². The molecule has 0 radical (unpaired) electrons. The number of aryl methyl sites for hydroxylation is 1. The molecule has 2 aliphatic heterocycles. The van der Waals surface area contributed by atoms with E-state index in [1.807, 2.05) is 0 Å². The molecule has 2 aliphatic rings. The Morgan fingerprint density at radius 1 is 1.07 bits per heavy atom. The Labute approximate surface area is 167 Å². The minimum absolute atomic E-state index is 0.813. The number of ether oxygens (including phenoxy) is 1. The maximum Gasteiger partial charge on any atom is 0.195 e. The Bertz CT molecular complexity index is 821. The van der Waals surface area contributed by atoms with Crippen LogP contribution >= 0.6 is 0 Å². The molecule has 0 unspecified atom stereocenters. The first-order chi connectivity index (χ1) is 13.8. The topological polar surface area (TPSA) is 48.9 Å². The van der Waals surface area contributed by atoms with Gasteiger partial charge in [0.25, 0.3) is 0 Å². The molecule has 0 spiro atoms. The number of rotatable bonds is 6. The Hall–Kier alpha value is -2.79. The van der Waals surface area contributed by atoms with Crippen LogP contribution in [0.3, 0.4) is 0 Å². The van der Waals surface area contributed by atoms with Gasteiger partial charge in [0.05, 0.1) is 19.8 Å². The standard InChI is InChI=1S/C23H28N4O/c1-18(20-6-10-22(11-7-20)27-14-16-28-17-15-27)2-3-19-4-8-21(9-5-19)26-23-24-12-13-25-23/h4-11H,1-3,12-17H2,(H2,24,25,26). The van der Waals surface area contributed by atoms with E-state index in [-0.39, 0.29) is 0 Å². The van der Waals surface area contributed by atoms with Gasteiger partial charge in [-0.1, -0.05) is 30.8 Å². The smallest absolute Gasteiger partial charge is 0.195 e. The zero-order chi connectivity index (χ0) is 19.2. The van der Waals surface area contributed by atoms with Gasteiger partial charge < -0.3 is 20.3 Å². The highest BCUT2D eigenvalue weighted by Crippen LogP contribution is 2.23. The third-order valence-electron chi connectivity index (χ3n) is 5.26. The largest absolute Gasteiger partial charge is 0.378 e. The van der Waals surface area contributed by atoms with Crippen molar-refractivity contribution < 1.29 is 4.74 Å². The van der Waals surface area contributed by atoms with Crippen LogP contribution < -0.4 is 15.5 Å². The monoisotopic (exact) mass is 376 g/mol. The molecular weight excluding hydrogens is 348 g/mol. The number of aliphatic imine (C=N–C) groups is 1. The normalized spacial score (nSPS) is 16.4. The van der Waals surface area contributed by atoms with Crippen molar-refractivity contribution >= 4 is 22.9 Å². The second-order valence-corrected chi connectivity index (χ2v) is 7.23. The predicted octanol–water partition coefficient (Wildman–Crippen LogP) is 3.54. The van der Waals surface area contributed by atoms with E-state index in [4.69, 9.17) is 4.74 Å². The number of guanidine groups is 1. The molecule has 0 atom stereocenters. The fourth-order valence-electron chi connectivity index (χ4n) is 3.54. The van der Waals surface area contributed by atoms with Crippen LogP contribution in [0.5, 0.6) is 0 Å². The number of allylic oxidation sites excluding steroid dienone is 1. The van der Waals surface area contributed by atoms with Gasteiger partial charge in [-0.05, 0) is 53.8 Å². The number of benzene rings is 2. The van der Waals surface area contributed by atoms with E-state index >= 15 is 0 Å². The summed E-state index contributed by atoms with van der Waals surface area (Å²) in [7, 11) is 0. The van der Waals surface area contributed by atoms with Gasteiger partial charge in [0.15, 0.2) is 5.96 Å². The lowest BCUT2D eigenvalue weighted by Gasteiger charge is -2.29. The van der Waals surface area contributed by atoms with Crippen molar-refractivity contribution in [2.75, 3.05) is 49.6 Å². The summed E-state index contributed by atoms with van der Waals surface area (Å²) in [5.41, 5.74) is 6.05. The number of nitrogens with one attached hydrogen (secondary N) is 2. The molecular formula is C23H28N4O. The molecule has 2 N–H and O–H groups in total. The summed E-state index contributed by atoms with van der Waals surface area (Å²) in [6.07, 6.45) is 1.95. The van der Waals surface area contributed by atoms with Crippen LogP contribution in [0.15, 0.2) is 60.1 Å². The van der Waals surface area contributed by atoms with Crippen molar-refractivity contribution in [3.63, 3.8) is 0 Å². The minimum atomic E-state index is 0.813. The molecule has 146 valence electrons. The average molecular weight is 377 g/mol. The molecule has 2 aromatic carbocycles. The molecule has 1 saturated heterocycles. The Morgan fingerprint density at radius 3 is 2.50 bits per heavy atom. The average Bonchev–Trinajstić information content (AvgIpc) is 3.27. The molecule has 28 heavy (non-hydrogen) atoms. The molecule has 0 amide bonds. The highest BCUT2D eigenvalue weighted by atomic mass is 16.5. The lowest BCUT2D eigenvalue weighted by Crippen LogP contribution is -2.36. The van der Waals surface area contributed by atoms with Crippen LogP contribution in [0.4, 0.5) is 11.4 Å². The van der Waals surface area contributed by atoms with Crippen LogP contribution in [0.1, 0.15) is 17.5 Å². The maximum absolute atomic E-state index is 5.43. The van der Waals surface area contributed by atoms with Crippen LogP contribution in [0, 0.1) is 0 Å². The molecule has 1 fully saturated rings. The number of hydrogen-bond donors (Lipinski definition) is 2. The zero-order valence-electron chi connectivity index (χ0n) is 16.3. The third kappa shape index (κ3) is 4.73. The quantitative estimate of drug-likeness (QED) is 0.810. The molecule has 0 aliphatic carbocycles. The summed E-state index contributed by atoms with van der Waals surface area (Å²) in [5, 5.41) is 6.52. The first kappa shape index (κ1) is 18.6. The molecule has 0 aromatic heterocycles. The molecule has 0 saturated carbocycles. The second kappa shape index (κ2) is 8.93. The van der Waals surface area contributed by atoms with E-state index < -0.39 is 0 Å². The molecule has 0 bridgehead atoms. The molecule has 4 rings (SSSR count). The summed E-state index contributed by atoms with van der Waals surface area (Å²) >= 11 is 0. The first-order valence-electron chi connectivity index (χ1n) is 10.0. The Kier molecular flexibility index (Phi) is 5.92. The number of morpholine rings is 1. The van der Waals surface area contributed by atoms with Gasteiger partial charge in [0.2, 0.25) is 0 Å². The van der Waals surface area contributed by atoms with Crippen molar-refractivity contribution in [1.29, 1.82) is 0 Å². The number of anilines is 2. The van der Waals surface area contributed by atoms with Crippen molar-refractivity contribution in [2.45, 2.75) is 12.8 Å². The molecule has 2 aromatic rings. The van der Waals surface area contributed by atoms with E-state index in [1.54, 1.807) is 0 Å². The first-order valence-corrected chi connectivity index (χ1v) is 10.0. The lowest BCUT2D eigenvalue weighted by atomic mass is 9.99. The molecule has 5 heteroatoms. The Balaban J connectivity index is 1.28. The van der Waals surface area contributed by atoms with Crippen molar-refractivity contribution in [1.82, 2.24) is 5.32 Å². The number of nitrogens with zero attached hydrogens (tertiary/aromatic N) is 2. The van der Waals surface area contributed by atoms with Crippen LogP contribution in [-0.4, -0.2) is 45.4 Å². The lowest BCUT2D eigenvalue weighted by molar-refractivity contribution is 0.122. The van der Waals surface area contributed by atoms with Gasteiger partial charge in [-0.3, -0.25) is 4.99 Å². The van der Waals surface area contributed by atoms with Crippen molar-refractivity contribution in [3.8, 4) is 0 Å². The minimum Gasteiger partial charge on any atom is -0.378 e. The third-order valence-corrected chi connectivity index (χ3v) is 5.26. The van der Waals surface area contributed by atoms with E-state index in [0.29, 0.717) is 0 Å². The van der Waals surface area contributed by atoms with Crippen molar-refractivity contribution in [3.05, 3.63) is 66.2 Å². The summed E-state index contributed by atoms with van der Waals surface area (Å²) in [6.45, 7) is 9.61. The van der Waals surface area contributed by atoms with E-state index in [2.05, 4.69) is 75.6 Å². The van der Waals surface area contributed by atoms with E-state index in [1.165, 1.54) is 22.4 Å². The molecule has 2 heterocycles. The fourth-order valence-corrected chi connectivity index (χ4v) is 3.54. The zero-order valence-corrected chi connectivity index (χ0v) is 16.3.